The zero-order valence-corrected chi connectivity index (χ0v) is 12.3. The molecule has 0 unspecified atom stereocenters. The van der Waals surface area contributed by atoms with Gasteiger partial charge in [0.1, 0.15) is 11.6 Å². The Morgan fingerprint density at radius 3 is 2.74 bits per heavy atom. The Balaban J connectivity index is 2.33. The van der Waals surface area contributed by atoms with E-state index in [1.165, 1.54) is 0 Å². The van der Waals surface area contributed by atoms with E-state index in [0.29, 0.717) is 30.0 Å². The summed E-state index contributed by atoms with van der Waals surface area (Å²) >= 11 is 3.48. The van der Waals surface area contributed by atoms with Crippen LogP contribution in [0, 0.1) is 0 Å². The van der Waals surface area contributed by atoms with E-state index in [9.17, 15) is 4.79 Å². The predicted molar refractivity (Wildman–Crippen MR) is 80.2 cm³/mol. The van der Waals surface area contributed by atoms with Gasteiger partial charge in [-0.2, -0.15) is 0 Å². The van der Waals surface area contributed by atoms with Gasteiger partial charge >= 0.3 is 0 Å². The minimum absolute atomic E-state index is 0.128. The number of rotatable bonds is 4. The van der Waals surface area contributed by atoms with Crippen LogP contribution in [0.15, 0.2) is 33.5 Å². The SMILES string of the molecule is CCCc1c(N)nc(Cc2ccccc2Br)[nH]c1=O. The van der Waals surface area contributed by atoms with Crippen LogP contribution < -0.4 is 11.3 Å². The van der Waals surface area contributed by atoms with Crippen LogP contribution in [-0.2, 0) is 12.8 Å². The lowest BCUT2D eigenvalue weighted by Gasteiger charge is -2.07. The number of hydrogen-bond acceptors (Lipinski definition) is 3. The Hall–Kier alpha value is -1.62. The van der Waals surface area contributed by atoms with Gasteiger partial charge in [0.25, 0.3) is 5.56 Å². The first-order valence-electron chi connectivity index (χ1n) is 6.22. The molecule has 0 aliphatic rings. The second-order valence-corrected chi connectivity index (χ2v) is 5.25. The Bertz CT molecular complexity index is 637. The van der Waals surface area contributed by atoms with Gasteiger partial charge in [0.2, 0.25) is 0 Å². The first kappa shape index (κ1) is 13.8. The second kappa shape index (κ2) is 6.02. The quantitative estimate of drug-likeness (QED) is 0.909. The molecule has 1 aromatic carbocycles. The Kier molecular flexibility index (Phi) is 4.37. The maximum absolute atomic E-state index is 11.9. The summed E-state index contributed by atoms with van der Waals surface area (Å²) in [6, 6.07) is 7.85. The largest absolute Gasteiger partial charge is 0.383 e. The van der Waals surface area contributed by atoms with E-state index < -0.39 is 0 Å². The highest BCUT2D eigenvalue weighted by molar-refractivity contribution is 9.10. The van der Waals surface area contributed by atoms with Crippen molar-refractivity contribution in [2.75, 3.05) is 5.73 Å². The highest BCUT2D eigenvalue weighted by Gasteiger charge is 2.09. The highest BCUT2D eigenvalue weighted by atomic mass is 79.9. The first-order chi connectivity index (χ1) is 9.11. The molecule has 0 bridgehead atoms. The Labute approximate surface area is 120 Å². The molecular weight excluding hydrogens is 306 g/mol. The van der Waals surface area contributed by atoms with Crippen LogP contribution >= 0.6 is 15.9 Å². The maximum atomic E-state index is 11.9. The van der Waals surface area contributed by atoms with Crippen molar-refractivity contribution in [1.29, 1.82) is 0 Å². The third-order valence-corrected chi connectivity index (χ3v) is 3.69. The molecule has 5 heteroatoms. The average Bonchev–Trinajstić information content (AvgIpc) is 2.37. The topological polar surface area (TPSA) is 71.8 Å². The number of anilines is 1. The lowest BCUT2D eigenvalue weighted by atomic mass is 10.1. The van der Waals surface area contributed by atoms with Gasteiger partial charge in [-0.1, -0.05) is 47.5 Å². The maximum Gasteiger partial charge on any atom is 0.256 e. The molecule has 1 aromatic heterocycles. The second-order valence-electron chi connectivity index (χ2n) is 4.39. The molecule has 1 heterocycles. The van der Waals surface area contributed by atoms with Crippen molar-refractivity contribution in [2.24, 2.45) is 0 Å². The van der Waals surface area contributed by atoms with Crippen LogP contribution in [0.2, 0.25) is 0 Å². The van der Waals surface area contributed by atoms with Crippen molar-refractivity contribution in [3.05, 3.63) is 56.0 Å². The molecular formula is C14H16BrN3O. The third kappa shape index (κ3) is 3.23. The fraction of sp³-hybridized carbons (Fsp3) is 0.286. The standard InChI is InChI=1S/C14H16BrN3O/c1-2-5-10-13(16)17-12(18-14(10)19)8-9-6-3-4-7-11(9)15/h3-4,6-7H,2,5,8H2,1H3,(H3,16,17,18,19). The summed E-state index contributed by atoms with van der Waals surface area (Å²) in [7, 11) is 0. The summed E-state index contributed by atoms with van der Waals surface area (Å²) in [5, 5.41) is 0. The van der Waals surface area contributed by atoms with Gasteiger partial charge in [-0.3, -0.25) is 4.79 Å². The number of halogens is 1. The summed E-state index contributed by atoms with van der Waals surface area (Å²) in [6.07, 6.45) is 2.08. The number of nitrogens with one attached hydrogen (secondary N) is 1. The van der Waals surface area contributed by atoms with Gasteiger partial charge in [-0.25, -0.2) is 4.98 Å². The number of nitrogen functional groups attached to an aromatic ring is 1. The zero-order chi connectivity index (χ0) is 13.8. The van der Waals surface area contributed by atoms with Crippen molar-refractivity contribution in [2.45, 2.75) is 26.2 Å². The van der Waals surface area contributed by atoms with E-state index in [0.717, 1.165) is 16.5 Å². The van der Waals surface area contributed by atoms with Gasteiger partial charge in [0, 0.05) is 10.9 Å². The molecule has 2 rings (SSSR count). The number of nitrogens with two attached hydrogens (primary N) is 1. The van der Waals surface area contributed by atoms with Crippen LogP contribution in [0.1, 0.15) is 30.3 Å². The minimum atomic E-state index is -0.128. The van der Waals surface area contributed by atoms with E-state index in [1.807, 2.05) is 31.2 Å². The Morgan fingerprint density at radius 1 is 1.37 bits per heavy atom. The molecule has 0 saturated heterocycles. The number of nitrogens with zero attached hydrogens (tertiary/aromatic N) is 1. The molecule has 0 radical (unpaired) electrons. The van der Waals surface area contributed by atoms with Gasteiger partial charge in [0.15, 0.2) is 0 Å². The lowest BCUT2D eigenvalue weighted by molar-refractivity contribution is 0.862. The van der Waals surface area contributed by atoms with E-state index in [4.69, 9.17) is 5.73 Å². The molecule has 0 saturated carbocycles. The first-order valence-corrected chi connectivity index (χ1v) is 7.02. The number of H-pyrrole nitrogens is 1. The predicted octanol–water partition coefficient (Wildman–Crippen LogP) is 2.66. The molecule has 0 aliphatic heterocycles. The molecule has 100 valence electrons. The number of hydrogen-bond donors (Lipinski definition) is 2. The van der Waals surface area contributed by atoms with Crippen LogP contribution in [0.5, 0.6) is 0 Å². The third-order valence-electron chi connectivity index (χ3n) is 2.91. The minimum Gasteiger partial charge on any atom is -0.383 e. The van der Waals surface area contributed by atoms with Crippen molar-refractivity contribution in [3.8, 4) is 0 Å². The molecule has 0 spiro atoms. The summed E-state index contributed by atoms with van der Waals surface area (Å²) < 4.78 is 0.994. The summed E-state index contributed by atoms with van der Waals surface area (Å²) in [4.78, 5) is 19.0. The van der Waals surface area contributed by atoms with Crippen LogP contribution in [-0.4, -0.2) is 9.97 Å². The smallest absolute Gasteiger partial charge is 0.256 e. The molecule has 0 amide bonds. The van der Waals surface area contributed by atoms with E-state index >= 15 is 0 Å². The summed E-state index contributed by atoms with van der Waals surface area (Å²) in [5.74, 6) is 0.932. The van der Waals surface area contributed by atoms with Crippen LogP contribution in [0.4, 0.5) is 5.82 Å². The number of benzene rings is 1. The van der Waals surface area contributed by atoms with Crippen LogP contribution in [0.3, 0.4) is 0 Å². The van der Waals surface area contributed by atoms with Crippen molar-refractivity contribution >= 4 is 21.7 Å². The van der Waals surface area contributed by atoms with Crippen molar-refractivity contribution in [3.63, 3.8) is 0 Å². The summed E-state index contributed by atoms with van der Waals surface area (Å²) in [5.41, 5.74) is 7.37. The molecule has 2 aromatic rings. The van der Waals surface area contributed by atoms with Gasteiger partial charge in [-0.15, -0.1) is 0 Å². The Morgan fingerprint density at radius 2 is 2.11 bits per heavy atom. The van der Waals surface area contributed by atoms with E-state index in [-0.39, 0.29) is 5.56 Å². The molecule has 3 N–H and O–H groups in total. The number of aromatic amines is 1. The van der Waals surface area contributed by atoms with Gasteiger partial charge in [0.05, 0.1) is 5.56 Å². The fourth-order valence-corrected chi connectivity index (χ4v) is 2.39. The van der Waals surface area contributed by atoms with Crippen molar-refractivity contribution in [1.82, 2.24) is 9.97 Å². The van der Waals surface area contributed by atoms with Gasteiger partial charge in [-0.05, 0) is 18.1 Å². The molecule has 0 aliphatic carbocycles. The normalized spacial score (nSPS) is 10.6. The van der Waals surface area contributed by atoms with E-state index in [1.54, 1.807) is 0 Å². The lowest BCUT2D eigenvalue weighted by Crippen LogP contribution is -2.20. The number of aromatic nitrogens is 2. The summed E-state index contributed by atoms with van der Waals surface area (Å²) in [6.45, 7) is 2.01. The molecule has 4 nitrogen and oxygen atoms in total. The average molecular weight is 322 g/mol. The molecule has 19 heavy (non-hydrogen) atoms. The fourth-order valence-electron chi connectivity index (χ4n) is 1.96. The molecule has 0 atom stereocenters. The zero-order valence-electron chi connectivity index (χ0n) is 10.7. The van der Waals surface area contributed by atoms with E-state index in [2.05, 4.69) is 25.9 Å². The molecule has 0 fully saturated rings. The monoisotopic (exact) mass is 321 g/mol. The van der Waals surface area contributed by atoms with Crippen LogP contribution in [0.25, 0.3) is 0 Å². The van der Waals surface area contributed by atoms with Crippen molar-refractivity contribution < 1.29 is 0 Å². The highest BCUT2D eigenvalue weighted by Crippen LogP contribution is 2.18. The van der Waals surface area contributed by atoms with Gasteiger partial charge < -0.3 is 10.7 Å².